The molecule has 0 aromatic heterocycles. The molecule has 1 unspecified atom stereocenters. The number of rotatable bonds is 7. The quantitative estimate of drug-likeness (QED) is 0.558. The Hall–Kier alpha value is 0.240. The summed E-state index contributed by atoms with van der Waals surface area (Å²) in [4.78, 5) is 0. The van der Waals surface area contributed by atoms with Gasteiger partial charge in [-0.05, 0) is 30.9 Å². The highest BCUT2D eigenvalue weighted by Gasteiger charge is 2.42. The van der Waals surface area contributed by atoms with E-state index in [1.165, 1.54) is 0 Å². The van der Waals surface area contributed by atoms with Gasteiger partial charge < -0.3 is 24.1 Å². The van der Waals surface area contributed by atoms with E-state index in [4.69, 9.17) is 18.9 Å². The van der Waals surface area contributed by atoms with Crippen LogP contribution in [0.1, 0.15) is 19.8 Å². The Morgan fingerprint density at radius 3 is 2.32 bits per heavy atom. The first-order valence-electron chi connectivity index (χ1n) is 7.52. The van der Waals surface area contributed by atoms with E-state index in [-0.39, 0.29) is 10.4 Å². The van der Waals surface area contributed by atoms with Crippen LogP contribution in [0.5, 0.6) is 0 Å². The molecule has 0 radical (unpaired) electrons. The van der Waals surface area contributed by atoms with Crippen molar-refractivity contribution in [3.8, 4) is 0 Å². The lowest BCUT2D eigenvalue weighted by atomic mass is 10.1. The summed E-state index contributed by atoms with van der Waals surface area (Å²) < 4.78 is 21.4. The van der Waals surface area contributed by atoms with Gasteiger partial charge in [-0.1, -0.05) is 6.08 Å². The molecule has 2 saturated heterocycles. The predicted octanol–water partition coefficient (Wildman–Crippen LogP) is 2.24. The highest BCUT2D eigenvalue weighted by atomic mass is 32.2. The molecule has 1 N–H and O–H groups in total. The minimum absolute atomic E-state index is 0.323. The third-order valence-electron chi connectivity index (χ3n) is 3.85. The fourth-order valence-corrected chi connectivity index (χ4v) is 5.83. The standard InChI is InChI=1S/C15H26O5S2/c1-14(19-7-8-20-14)6-5-12(16)15(11-13(17-2)18-3)21-9-4-10-22-15/h5-6,12-13,16H,4,7-11H2,1-3H3/b6-5+. The molecule has 128 valence electrons. The first-order chi connectivity index (χ1) is 10.5. The van der Waals surface area contributed by atoms with Crippen molar-refractivity contribution in [1.82, 2.24) is 0 Å². The van der Waals surface area contributed by atoms with Crippen molar-refractivity contribution in [2.24, 2.45) is 0 Å². The molecule has 0 aliphatic carbocycles. The lowest BCUT2D eigenvalue weighted by molar-refractivity contribution is -0.110. The van der Waals surface area contributed by atoms with E-state index in [2.05, 4.69) is 0 Å². The second kappa shape index (κ2) is 8.37. The molecule has 0 bridgehead atoms. The van der Waals surface area contributed by atoms with E-state index in [9.17, 15) is 5.11 Å². The third kappa shape index (κ3) is 4.63. The van der Waals surface area contributed by atoms with Crippen LogP contribution in [-0.2, 0) is 18.9 Å². The summed E-state index contributed by atoms with van der Waals surface area (Å²) in [5, 5.41) is 10.8. The molecule has 22 heavy (non-hydrogen) atoms. The molecule has 2 aliphatic rings. The average molecular weight is 351 g/mol. The zero-order valence-corrected chi connectivity index (χ0v) is 15.1. The summed E-state index contributed by atoms with van der Waals surface area (Å²) in [5.74, 6) is 1.33. The molecule has 0 aromatic rings. The summed E-state index contributed by atoms with van der Waals surface area (Å²) in [6.07, 6.45) is 4.44. The molecule has 1 atom stereocenters. The highest BCUT2D eigenvalue weighted by Crippen LogP contribution is 2.48. The number of hydrogen-bond acceptors (Lipinski definition) is 7. The van der Waals surface area contributed by atoms with Crippen LogP contribution in [0.4, 0.5) is 0 Å². The van der Waals surface area contributed by atoms with E-state index >= 15 is 0 Å². The average Bonchev–Trinajstić information content (AvgIpc) is 2.98. The number of methoxy groups -OCH3 is 2. The van der Waals surface area contributed by atoms with Crippen LogP contribution in [0, 0.1) is 0 Å². The topological polar surface area (TPSA) is 57.2 Å². The second-order valence-corrected chi connectivity index (χ2v) is 8.59. The van der Waals surface area contributed by atoms with Crippen molar-refractivity contribution in [2.75, 3.05) is 38.9 Å². The fourth-order valence-electron chi connectivity index (χ4n) is 2.53. The van der Waals surface area contributed by atoms with Crippen LogP contribution >= 0.6 is 23.5 Å². The van der Waals surface area contributed by atoms with Gasteiger partial charge in [0.1, 0.15) is 0 Å². The molecule has 2 heterocycles. The van der Waals surface area contributed by atoms with Crippen LogP contribution in [0.2, 0.25) is 0 Å². The van der Waals surface area contributed by atoms with Gasteiger partial charge in [-0.3, -0.25) is 0 Å². The van der Waals surface area contributed by atoms with Gasteiger partial charge >= 0.3 is 0 Å². The third-order valence-corrected chi connectivity index (χ3v) is 7.34. The van der Waals surface area contributed by atoms with E-state index in [1.807, 2.05) is 13.0 Å². The lowest BCUT2D eigenvalue weighted by Crippen LogP contribution is -2.41. The normalized spacial score (nSPS) is 25.9. The minimum atomic E-state index is -0.728. The number of aliphatic hydroxyl groups excluding tert-OH is 1. The largest absolute Gasteiger partial charge is 0.387 e. The van der Waals surface area contributed by atoms with Gasteiger partial charge in [-0.2, -0.15) is 0 Å². The van der Waals surface area contributed by atoms with Crippen LogP contribution < -0.4 is 0 Å². The first-order valence-corrected chi connectivity index (χ1v) is 9.49. The molecule has 0 aromatic carbocycles. The highest BCUT2D eigenvalue weighted by molar-refractivity contribution is 8.18. The van der Waals surface area contributed by atoms with E-state index in [1.54, 1.807) is 43.8 Å². The van der Waals surface area contributed by atoms with Gasteiger partial charge in [0.25, 0.3) is 0 Å². The SMILES string of the molecule is COC(CC1(C(O)/C=C/C2(C)OCCO2)SCCCS1)OC. The zero-order chi connectivity index (χ0) is 16.1. The maximum Gasteiger partial charge on any atom is 0.185 e. The molecule has 0 spiro atoms. The Kier molecular flexibility index (Phi) is 7.07. The van der Waals surface area contributed by atoms with Gasteiger partial charge in [0.2, 0.25) is 0 Å². The maximum atomic E-state index is 10.8. The molecule has 2 rings (SSSR count). The van der Waals surface area contributed by atoms with Crippen LogP contribution in [0.25, 0.3) is 0 Å². The van der Waals surface area contributed by atoms with E-state index < -0.39 is 11.9 Å². The van der Waals surface area contributed by atoms with Gasteiger partial charge in [-0.15, -0.1) is 23.5 Å². The smallest absolute Gasteiger partial charge is 0.185 e. The van der Waals surface area contributed by atoms with Crippen molar-refractivity contribution >= 4 is 23.5 Å². The lowest BCUT2D eigenvalue weighted by Gasteiger charge is -2.40. The number of hydrogen-bond donors (Lipinski definition) is 1. The molecule has 5 nitrogen and oxygen atoms in total. The van der Waals surface area contributed by atoms with Crippen molar-refractivity contribution in [2.45, 2.75) is 42.0 Å². The fraction of sp³-hybridized carbons (Fsp3) is 0.867. The van der Waals surface area contributed by atoms with Gasteiger partial charge in [-0.25, -0.2) is 0 Å². The number of aliphatic hydroxyl groups is 1. The van der Waals surface area contributed by atoms with Crippen LogP contribution in [0.3, 0.4) is 0 Å². The van der Waals surface area contributed by atoms with Gasteiger partial charge in [0, 0.05) is 20.6 Å². The Balaban J connectivity index is 2.08. The van der Waals surface area contributed by atoms with E-state index in [0.717, 1.165) is 17.9 Å². The zero-order valence-electron chi connectivity index (χ0n) is 13.4. The Labute approximate surface area is 141 Å². The molecule has 0 amide bonds. The Morgan fingerprint density at radius 1 is 1.18 bits per heavy atom. The van der Waals surface area contributed by atoms with Gasteiger partial charge in [0.05, 0.1) is 23.4 Å². The van der Waals surface area contributed by atoms with Gasteiger partial charge in [0.15, 0.2) is 12.1 Å². The number of ether oxygens (including phenoxy) is 4. The molecule has 0 saturated carbocycles. The molecular formula is C15H26O5S2. The van der Waals surface area contributed by atoms with Crippen LogP contribution in [0.15, 0.2) is 12.2 Å². The van der Waals surface area contributed by atoms with Crippen molar-refractivity contribution in [3.05, 3.63) is 12.2 Å². The Bertz CT molecular complexity index is 361. The summed E-state index contributed by atoms with van der Waals surface area (Å²) in [6.45, 7) is 3.03. The summed E-state index contributed by atoms with van der Waals surface area (Å²) >= 11 is 3.56. The molecule has 7 heteroatoms. The summed E-state index contributed by atoms with van der Waals surface area (Å²) in [6, 6.07) is 0. The summed E-state index contributed by atoms with van der Waals surface area (Å²) in [5.41, 5.74) is 0. The first kappa shape index (κ1) is 18.6. The monoisotopic (exact) mass is 350 g/mol. The van der Waals surface area contributed by atoms with Crippen molar-refractivity contribution < 1.29 is 24.1 Å². The minimum Gasteiger partial charge on any atom is -0.387 e. The van der Waals surface area contributed by atoms with Crippen molar-refractivity contribution in [1.29, 1.82) is 0 Å². The van der Waals surface area contributed by atoms with Crippen LogP contribution in [-0.4, -0.2) is 66.3 Å². The second-order valence-electron chi connectivity index (χ2n) is 5.48. The summed E-state index contributed by atoms with van der Waals surface area (Å²) in [7, 11) is 3.26. The maximum absolute atomic E-state index is 10.8. The Morgan fingerprint density at radius 2 is 1.77 bits per heavy atom. The molecule has 2 aliphatic heterocycles. The van der Waals surface area contributed by atoms with E-state index in [0.29, 0.717) is 19.6 Å². The number of thioether (sulfide) groups is 2. The molecule has 2 fully saturated rings. The predicted molar refractivity (Wildman–Crippen MR) is 90.1 cm³/mol. The van der Waals surface area contributed by atoms with Crippen molar-refractivity contribution in [3.63, 3.8) is 0 Å². The molecular weight excluding hydrogens is 324 g/mol.